The average Bonchev–Trinajstić information content (AvgIpc) is 0.688. The van der Waals surface area contributed by atoms with Crippen LogP contribution in [-0.4, -0.2) is 12.2 Å². The van der Waals surface area contributed by atoms with Gasteiger partial charge in [0, 0.05) is 12.0 Å². The molecule has 0 heterocycles. The van der Waals surface area contributed by atoms with Gasteiger partial charge in [-0.3, -0.25) is 0 Å². The smallest absolute Gasteiger partial charge is 0.0955 e. The Hall–Kier alpha value is -0.300. The molecule has 0 bridgehead atoms. The van der Waals surface area contributed by atoms with Crippen molar-refractivity contribution in [3.63, 3.8) is 0 Å². The van der Waals surface area contributed by atoms with Gasteiger partial charge < -0.3 is 4.74 Å². The number of hydrogen-bond acceptors (Lipinski definition) is 1. The van der Waals surface area contributed by atoms with Gasteiger partial charge >= 0.3 is 0 Å². The second-order valence-electron chi connectivity index (χ2n) is 30.6. The zero-order chi connectivity index (χ0) is 63.9. The molecule has 0 aromatic rings. The first-order chi connectivity index (χ1) is 43.5. The normalized spacial score (nSPS) is 16.7. The Bertz CT molecular complexity index is 1370. The Morgan fingerprint density at radius 3 is 0.784 bits per heavy atom. The topological polar surface area (TPSA) is 9.23 Å². The Kier molecular flexibility index (Phi) is 62.4. The van der Waals surface area contributed by atoms with Crippen LogP contribution in [0, 0.1) is 16.7 Å². The van der Waals surface area contributed by atoms with Gasteiger partial charge in [0.25, 0.3) is 0 Å². The van der Waals surface area contributed by atoms with Gasteiger partial charge in [-0.05, 0) is 87.5 Å². The molecule has 0 radical (unpaired) electrons. The van der Waals surface area contributed by atoms with Crippen molar-refractivity contribution < 1.29 is 4.74 Å². The maximum atomic E-state index is 8.87. The second-order valence-corrected chi connectivity index (χ2v) is 30.6. The molecule has 0 aromatic heterocycles. The van der Waals surface area contributed by atoms with Gasteiger partial charge in [0.1, 0.15) is 0 Å². The first-order valence-corrected chi connectivity index (χ1v) is 42.8. The van der Waals surface area contributed by atoms with Crippen molar-refractivity contribution in [1.29, 1.82) is 0 Å². The summed E-state index contributed by atoms with van der Waals surface area (Å²) in [6, 6.07) is 0. The molecule has 1 heteroatoms. The molecule has 0 aliphatic heterocycles. The average molecular weight is 1230 g/mol. The molecule has 1 rings (SSSR count). The molecule has 0 spiro atoms. The van der Waals surface area contributed by atoms with E-state index in [0.717, 1.165) is 12.5 Å². The summed E-state index contributed by atoms with van der Waals surface area (Å²) in [4.78, 5) is 0. The lowest BCUT2D eigenvalue weighted by Crippen LogP contribution is -2.66. The lowest BCUT2D eigenvalue weighted by molar-refractivity contribution is -0.216. The van der Waals surface area contributed by atoms with Crippen LogP contribution < -0.4 is 0 Å². The fourth-order valence-corrected chi connectivity index (χ4v) is 17.7. The van der Waals surface area contributed by atoms with Gasteiger partial charge in [-0.25, -0.2) is 0 Å². The molecule has 0 saturated heterocycles. The van der Waals surface area contributed by atoms with Crippen LogP contribution in [0.25, 0.3) is 0 Å². The summed E-state index contributed by atoms with van der Waals surface area (Å²) < 4.78 is 8.87. The highest BCUT2D eigenvalue weighted by Crippen LogP contribution is 2.72. The van der Waals surface area contributed by atoms with Crippen LogP contribution in [0.4, 0.5) is 0 Å². The van der Waals surface area contributed by atoms with Crippen LogP contribution in [-0.2, 0) is 4.74 Å². The molecule has 0 saturated carbocycles. The van der Waals surface area contributed by atoms with Crippen molar-refractivity contribution in [2.24, 2.45) is 16.7 Å². The molecule has 1 aliphatic carbocycles. The van der Waals surface area contributed by atoms with Gasteiger partial charge in [-0.2, -0.15) is 0 Å². The molecule has 1 nitrogen and oxygen atoms in total. The van der Waals surface area contributed by atoms with Gasteiger partial charge in [0.2, 0.25) is 0 Å². The molecule has 2 atom stereocenters. The van der Waals surface area contributed by atoms with Crippen LogP contribution in [0.3, 0.4) is 0 Å². The predicted molar refractivity (Wildman–Crippen MR) is 403 cm³/mol. The molecule has 2 unspecified atom stereocenters. The fraction of sp³-hybridized carbons (Fsp3) is 0.977. The molecular formula is C87H172O. The summed E-state index contributed by atoms with van der Waals surface area (Å²) >= 11 is 0. The number of ether oxygens (including phenoxy) is 1. The lowest BCUT2D eigenvalue weighted by atomic mass is 9.38. The molecule has 0 amide bonds. The third-order valence-electron chi connectivity index (χ3n) is 23.0. The lowest BCUT2D eigenvalue weighted by Gasteiger charge is -2.69. The van der Waals surface area contributed by atoms with Crippen molar-refractivity contribution in [2.75, 3.05) is 6.61 Å². The SMILES string of the molecule is CCCCCCCCCOC1(CCCCCCCCC)C(CCCCCCCCC)=C(CCCCCCCCC)C(CCCCCCCCC)C(CCCCCCCCC)(CCCCCCCCC)C1(CCCCCCCCC)CCCCCCCCC. The van der Waals surface area contributed by atoms with Crippen molar-refractivity contribution in [1.82, 2.24) is 0 Å². The van der Waals surface area contributed by atoms with E-state index in [9.17, 15) is 0 Å². The zero-order valence-corrected chi connectivity index (χ0v) is 63.4. The number of allylic oxidation sites excluding steroid dienone is 1. The number of hydrogen-bond donors (Lipinski definition) is 0. The molecule has 1 aliphatic rings. The summed E-state index contributed by atoms with van der Waals surface area (Å²) in [6.07, 6.45) is 101. The van der Waals surface area contributed by atoms with E-state index >= 15 is 0 Å². The van der Waals surface area contributed by atoms with E-state index in [1.807, 2.05) is 5.57 Å². The third-order valence-corrected chi connectivity index (χ3v) is 23.0. The van der Waals surface area contributed by atoms with Gasteiger partial charge in [0.15, 0.2) is 0 Å². The van der Waals surface area contributed by atoms with Crippen molar-refractivity contribution in [3.8, 4) is 0 Å². The van der Waals surface area contributed by atoms with E-state index in [0.29, 0.717) is 5.41 Å². The minimum atomic E-state index is -0.138. The molecule has 0 aromatic carbocycles. The standard InChI is InChI=1S/C87H172O/c1-10-19-28-37-46-55-64-73-82-83(74-65-56-47-38-29-20-11-2)85(76-67-58-49-40-31-22-13-4,77-68-59-50-41-32-23-14-5)86(78-69-60-51-42-33-24-15-6,79-70-61-52-43-34-25-16-7)87(80-71-62-53-44-35-26-17-8,88-81-72-63-54-45-36-27-18-9)84(82)75-66-57-48-39-30-21-12-3/h83H,10-81H2,1-9H3. The van der Waals surface area contributed by atoms with E-state index in [-0.39, 0.29) is 11.0 Å². The van der Waals surface area contributed by atoms with Crippen LogP contribution in [0.5, 0.6) is 0 Å². The first kappa shape index (κ1) is 85.7. The first-order valence-electron chi connectivity index (χ1n) is 42.8. The van der Waals surface area contributed by atoms with E-state index in [1.165, 1.54) is 456 Å². The summed E-state index contributed by atoms with van der Waals surface area (Å²) in [5.41, 5.74) is 4.46. The predicted octanol–water partition coefficient (Wildman–Crippen LogP) is 32.5. The molecule has 0 fully saturated rings. The summed E-state index contributed by atoms with van der Waals surface area (Å²) in [5.74, 6) is 0.737. The Morgan fingerprint density at radius 1 is 0.227 bits per heavy atom. The van der Waals surface area contributed by atoms with E-state index in [2.05, 4.69) is 67.9 Å². The molecule has 88 heavy (non-hydrogen) atoms. The van der Waals surface area contributed by atoms with Gasteiger partial charge in [0.05, 0.1) is 5.60 Å². The monoisotopic (exact) mass is 1230 g/mol. The van der Waals surface area contributed by atoms with E-state index in [4.69, 9.17) is 4.74 Å². The van der Waals surface area contributed by atoms with Crippen LogP contribution in [0.1, 0.15) is 518 Å². The summed E-state index contributed by atoms with van der Waals surface area (Å²) in [5, 5.41) is 0. The third kappa shape index (κ3) is 38.9. The highest BCUT2D eigenvalue weighted by Gasteiger charge is 2.68. The Labute approximate surface area is 560 Å². The Balaban J connectivity index is 4.89. The minimum absolute atomic E-state index is 0.138. The molecule has 0 N–H and O–H groups in total. The van der Waals surface area contributed by atoms with Crippen molar-refractivity contribution >= 4 is 0 Å². The van der Waals surface area contributed by atoms with Crippen LogP contribution in [0.2, 0.25) is 0 Å². The number of unbranched alkanes of at least 4 members (excludes halogenated alkanes) is 54. The maximum absolute atomic E-state index is 8.87. The largest absolute Gasteiger partial charge is 0.370 e. The highest BCUT2D eigenvalue weighted by atomic mass is 16.5. The van der Waals surface area contributed by atoms with Crippen LogP contribution in [0.15, 0.2) is 11.1 Å². The Morgan fingerprint density at radius 2 is 0.466 bits per heavy atom. The number of rotatable bonds is 73. The second kappa shape index (κ2) is 64.1. The van der Waals surface area contributed by atoms with Crippen molar-refractivity contribution in [3.05, 3.63) is 11.1 Å². The molecule has 526 valence electrons. The van der Waals surface area contributed by atoms with Crippen LogP contribution >= 0.6 is 0 Å². The quantitative estimate of drug-likeness (QED) is 0.0436. The highest BCUT2D eigenvalue weighted by molar-refractivity contribution is 5.39. The zero-order valence-electron chi connectivity index (χ0n) is 63.4. The summed E-state index contributed by atoms with van der Waals surface area (Å²) in [7, 11) is 0. The van der Waals surface area contributed by atoms with E-state index in [1.54, 1.807) is 0 Å². The fourth-order valence-electron chi connectivity index (χ4n) is 17.7. The molecular weight excluding hydrogens is 1060 g/mol. The summed E-state index contributed by atoms with van der Waals surface area (Å²) in [6.45, 7) is 22.8. The van der Waals surface area contributed by atoms with Gasteiger partial charge in [-0.1, -0.05) is 453 Å². The van der Waals surface area contributed by atoms with Crippen molar-refractivity contribution in [2.45, 2.75) is 524 Å². The van der Waals surface area contributed by atoms with Gasteiger partial charge in [-0.15, -0.1) is 0 Å². The minimum Gasteiger partial charge on any atom is -0.370 e. The maximum Gasteiger partial charge on any atom is 0.0955 e. The van der Waals surface area contributed by atoms with E-state index < -0.39 is 0 Å².